The number of thioether (sulfide) groups is 1. The van der Waals surface area contributed by atoms with Gasteiger partial charge in [-0.05, 0) is 45.0 Å². The first kappa shape index (κ1) is 18.5. The van der Waals surface area contributed by atoms with Crippen molar-refractivity contribution in [2.75, 3.05) is 39.0 Å². The molecule has 1 amide bonds. The molecule has 146 valence electrons. The highest BCUT2D eigenvalue weighted by molar-refractivity contribution is 7.99. The molecule has 4 rings (SSSR count). The van der Waals surface area contributed by atoms with Crippen molar-refractivity contribution in [1.29, 1.82) is 0 Å². The van der Waals surface area contributed by atoms with E-state index in [-0.39, 0.29) is 24.0 Å². The van der Waals surface area contributed by atoms with Crippen molar-refractivity contribution in [3.05, 3.63) is 18.4 Å². The first-order valence-electron chi connectivity index (χ1n) is 9.29. The number of aromatic nitrogens is 3. The lowest BCUT2D eigenvalue weighted by molar-refractivity contribution is -0.137. The van der Waals surface area contributed by atoms with Crippen LogP contribution in [0.1, 0.15) is 19.3 Å². The summed E-state index contributed by atoms with van der Waals surface area (Å²) < 4.78 is 5.29. The second-order valence-electron chi connectivity index (χ2n) is 7.44. The number of hydrogen-bond acceptors (Lipinski definition) is 7. The number of likely N-dealkylation sites (tertiary alicyclic amines) is 2. The minimum atomic E-state index is -0.0569. The van der Waals surface area contributed by atoms with Gasteiger partial charge in [-0.15, -0.1) is 5.10 Å². The predicted octanol–water partition coefficient (Wildman–Crippen LogP) is 1.46. The fourth-order valence-corrected chi connectivity index (χ4v) is 5.00. The number of fused-ring (bicyclic) bond motifs is 1. The number of nitrogens with one attached hydrogen (secondary N) is 1. The number of amides is 1. The highest BCUT2D eigenvalue weighted by Gasteiger charge is 2.47. The Labute approximate surface area is 162 Å². The van der Waals surface area contributed by atoms with E-state index in [2.05, 4.69) is 27.1 Å². The van der Waals surface area contributed by atoms with E-state index in [4.69, 9.17) is 4.42 Å². The van der Waals surface area contributed by atoms with E-state index < -0.39 is 0 Å². The number of aliphatic hydroxyl groups is 1. The molecule has 0 aliphatic carbocycles. The molecule has 4 heterocycles. The minimum absolute atomic E-state index is 0.0569. The SMILES string of the molecule is CN1CCC[C@]2(CO)CCN(C(=O)CSc3n[nH]c(-c4ccco4)n3)C[C@@H]12. The van der Waals surface area contributed by atoms with Gasteiger partial charge in [0.2, 0.25) is 11.1 Å². The molecule has 2 saturated heterocycles. The van der Waals surface area contributed by atoms with Gasteiger partial charge in [-0.3, -0.25) is 9.89 Å². The molecule has 0 bridgehead atoms. The van der Waals surface area contributed by atoms with E-state index in [1.165, 1.54) is 11.8 Å². The molecule has 2 aliphatic rings. The van der Waals surface area contributed by atoms with Crippen LogP contribution in [0.3, 0.4) is 0 Å². The van der Waals surface area contributed by atoms with Gasteiger partial charge in [0.05, 0.1) is 18.6 Å². The van der Waals surface area contributed by atoms with Crippen molar-refractivity contribution in [1.82, 2.24) is 25.0 Å². The number of carbonyl (C=O) groups is 1. The molecule has 2 atom stereocenters. The molecule has 2 aromatic heterocycles. The number of H-pyrrole nitrogens is 1. The zero-order valence-corrected chi connectivity index (χ0v) is 16.2. The summed E-state index contributed by atoms with van der Waals surface area (Å²) in [6.07, 6.45) is 4.60. The maximum absolute atomic E-state index is 12.7. The van der Waals surface area contributed by atoms with Crippen molar-refractivity contribution in [2.24, 2.45) is 5.41 Å². The predicted molar refractivity (Wildman–Crippen MR) is 101 cm³/mol. The number of furan rings is 1. The first-order chi connectivity index (χ1) is 13.1. The van der Waals surface area contributed by atoms with Crippen LogP contribution in [-0.4, -0.2) is 81.1 Å². The van der Waals surface area contributed by atoms with Crippen molar-refractivity contribution >= 4 is 17.7 Å². The van der Waals surface area contributed by atoms with E-state index in [1.54, 1.807) is 12.3 Å². The van der Waals surface area contributed by atoms with Crippen molar-refractivity contribution in [3.63, 3.8) is 0 Å². The van der Waals surface area contributed by atoms with E-state index in [1.807, 2.05) is 11.0 Å². The zero-order valence-electron chi connectivity index (χ0n) is 15.4. The molecule has 2 N–H and O–H groups in total. The summed E-state index contributed by atoms with van der Waals surface area (Å²) in [4.78, 5) is 21.3. The Hall–Kier alpha value is -1.84. The maximum Gasteiger partial charge on any atom is 0.233 e. The van der Waals surface area contributed by atoms with Gasteiger partial charge in [-0.2, -0.15) is 4.98 Å². The summed E-state index contributed by atoms with van der Waals surface area (Å²) in [5, 5.41) is 17.5. The van der Waals surface area contributed by atoms with Crippen LogP contribution >= 0.6 is 11.8 Å². The van der Waals surface area contributed by atoms with Gasteiger partial charge in [0.1, 0.15) is 0 Å². The summed E-state index contributed by atoms with van der Waals surface area (Å²) in [5.74, 6) is 1.58. The van der Waals surface area contributed by atoms with Crippen LogP contribution in [0.15, 0.2) is 28.0 Å². The highest BCUT2D eigenvalue weighted by Crippen LogP contribution is 2.41. The quantitative estimate of drug-likeness (QED) is 0.745. The second-order valence-corrected chi connectivity index (χ2v) is 8.39. The summed E-state index contributed by atoms with van der Waals surface area (Å²) >= 11 is 1.33. The van der Waals surface area contributed by atoms with Crippen LogP contribution in [0, 0.1) is 5.41 Å². The standard InChI is InChI=1S/C18H25N5O3S/c1-22-7-3-5-18(12-24)6-8-23(10-14(18)22)15(25)11-27-17-19-16(20-21-17)13-4-2-9-26-13/h2,4,9,14,24H,3,5-8,10-12H2,1H3,(H,19,20,21)/t14-,18-/m1/s1. The molecular formula is C18H25N5O3S. The number of rotatable bonds is 5. The molecular weight excluding hydrogens is 366 g/mol. The van der Waals surface area contributed by atoms with Crippen LogP contribution in [0.25, 0.3) is 11.6 Å². The Morgan fingerprint density at radius 3 is 3.15 bits per heavy atom. The Balaban J connectivity index is 1.35. The Morgan fingerprint density at radius 1 is 1.48 bits per heavy atom. The molecule has 0 spiro atoms. The van der Waals surface area contributed by atoms with Crippen LogP contribution in [-0.2, 0) is 4.79 Å². The van der Waals surface area contributed by atoms with Crippen LogP contribution in [0.5, 0.6) is 0 Å². The first-order valence-corrected chi connectivity index (χ1v) is 10.3. The third-order valence-electron chi connectivity index (χ3n) is 5.91. The fraction of sp³-hybridized carbons (Fsp3) is 0.611. The van der Waals surface area contributed by atoms with Crippen molar-refractivity contribution in [2.45, 2.75) is 30.5 Å². The van der Waals surface area contributed by atoms with Gasteiger partial charge >= 0.3 is 0 Å². The largest absolute Gasteiger partial charge is 0.461 e. The topological polar surface area (TPSA) is 98.5 Å². The molecule has 27 heavy (non-hydrogen) atoms. The number of likely N-dealkylation sites (N-methyl/N-ethyl adjacent to an activating group) is 1. The zero-order chi connectivity index (χ0) is 18.9. The normalized spacial score (nSPS) is 26.1. The molecule has 8 nitrogen and oxygen atoms in total. The van der Waals surface area contributed by atoms with E-state index in [9.17, 15) is 9.90 Å². The molecule has 2 aromatic rings. The lowest BCUT2D eigenvalue weighted by atomic mass is 9.69. The second kappa shape index (κ2) is 7.65. The van der Waals surface area contributed by atoms with E-state index >= 15 is 0 Å². The summed E-state index contributed by atoms with van der Waals surface area (Å²) in [6, 6.07) is 3.83. The summed E-state index contributed by atoms with van der Waals surface area (Å²) in [6.45, 7) is 2.61. The number of hydrogen-bond donors (Lipinski definition) is 2. The van der Waals surface area contributed by atoms with Gasteiger partial charge in [0.25, 0.3) is 0 Å². The number of nitrogens with zero attached hydrogens (tertiary/aromatic N) is 4. The molecule has 0 saturated carbocycles. The smallest absolute Gasteiger partial charge is 0.233 e. The van der Waals surface area contributed by atoms with Crippen molar-refractivity contribution < 1.29 is 14.3 Å². The average molecular weight is 391 g/mol. The Kier molecular flexibility index (Phi) is 5.25. The molecule has 2 fully saturated rings. The maximum atomic E-state index is 12.7. The van der Waals surface area contributed by atoms with Gasteiger partial charge in [-0.25, -0.2) is 0 Å². The fourth-order valence-electron chi connectivity index (χ4n) is 4.29. The minimum Gasteiger partial charge on any atom is -0.461 e. The molecule has 0 aromatic carbocycles. The Bertz CT molecular complexity index is 780. The van der Waals surface area contributed by atoms with Crippen LogP contribution < -0.4 is 0 Å². The highest BCUT2D eigenvalue weighted by atomic mass is 32.2. The van der Waals surface area contributed by atoms with E-state index in [0.29, 0.717) is 35.6 Å². The summed E-state index contributed by atoms with van der Waals surface area (Å²) in [7, 11) is 2.10. The lowest BCUT2D eigenvalue weighted by Crippen LogP contribution is -2.62. The number of piperidine rings is 2. The van der Waals surface area contributed by atoms with Crippen LogP contribution in [0.4, 0.5) is 0 Å². The monoisotopic (exact) mass is 391 g/mol. The van der Waals surface area contributed by atoms with Crippen molar-refractivity contribution in [3.8, 4) is 11.6 Å². The summed E-state index contributed by atoms with van der Waals surface area (Å²) in [5.41, 5.74) is -0.0569. The molecule has 2 aliphatic heterocycles. The van der Waals surface area contributed by atoms with Gasteiger partial charge in [-0.1, -0.05) is 11.8 Å². The van der Waals surface area contributed by atoms with E-state index in [0.717, 1.165) is 25.8 Å². The third-order valence-corrected chi connectivity index (χ3v) is 6.74. The number of aliphatic hydroxyl groups excluding tert-OH is 1. The average Bonchev–Trinajstić information content (AvgIpc) is 3.37. The molecule has 0 radical (unpaired) electrons. The lowest BCUT2D eigenvalue weighted by Gasteiger charge is -2.53. The van der Waals surface area contributed by atoms with Gasteiger partial charge in [0.15, 0.2) is 11.6 Å². The Morgan fingerprint density at radius 2 is 2.37 bits per heavy atom. The van der Waals surface area contributed by atoms with Gasteiger partial charge < -0.3 is 19.3 Å². The number of carbonyl (C=O) groups excluding carboxylic acids is 1. The third kappa shape index (κ3) is 3.63. The van der Waals surface area contributed by atoms with Gasteiger partial charge in [0, 0.05) is 24.5 Å². The number of aromatic amines is 1. The van der Waals surface area contributed by atoms with Crippen LogP contribution in [0.2, 0.25) is 0 Å². The molecule has 9 heteroatoms. The molecule has 0 unspecified atom stereocenters.